The van der Waals surface area contributed by atoms with Gasteiger partial charge in [0.05, 0.1) is 12.2 Å². The van der Waals surface area contributed by atoms with Gasteiger partial charge < -0.3 is 20.1 Å². The summed E-state index contributed by atoms with van der Waals surface area (Å²) in [5, 5.41) is 11.4. The van der Waals surface area contributed by atoms with Crippen LogP contribution in [-0.2, 0) is 9.53 Å². The fraction of sp³-hybridized carbons (Fsp3) is 0.667. The molecule has 1 rings (SSSR count). The predicted molar refractivity (Wildman–Crippen MR) is 66.4 cm³/mol. The largest absolute Gasteiger partial charge is 0.480 e. The van der Waals surface area contributed by atoms with Gasteiger partial charge in [-0.25, -0.2) is 9.59 Å². The Kier molecular flexibility index (Phi) is 5.15. The van der Waals surface area contributed by atoms with Crippen LogP contribution in [0.2, 0.25) is 0 Å². The Labute approximate surface area is 107 Å². The second-order valence-corrected chi connectivity index (χ2v) is 4.53. The number of carbonyl (C=O) groups excluding carboxylic acids is 1. The third kappa shape index (κ3) is 4.03. The minimum atomic E-state index is -1.06. The van der Waals surface area contributed by atoms with E-state index in [0.29, 0.717) is 13.1 Å². The quantitative estimate of drug-likeness (QED) is 0.730. The fourth-order valence-electron chi connectivity index (χ4n) is 1.97. The average molecular weight is 256 g/mol. The Hall–Kier alpha value is -1.56. The first-order valence-corrected chi connectivity index (χ1v) is 5.98. The summed E-state index contributed by atoms with van der Waals surface area (Å²) >= 11 is 0. The topological polar surface area (TPSA) is 78.9 Å². The minimum Gasteiger partial charge on any atom is -0.480 e. The van der Waals surface area contributed by atoms with Crippen molar-refractivity contribution in [3.8, 4) is 0 Å². The molecule has 2 N–H and O–H groups in total. The Morgan fingerprint density at radius 2 is 2.06 bits per heavy atom. The van der Waals surface area contributed by atoms with Crippen LogP contribution in [0.5, 0.6) is 0 Å². The van der Waals surface area contributed by atoms with Crippen molar-refractivity contribution in [1.82, 2.24) is 10.2 Å². The van der Waals surface area contributed by atoms with Crippen LogP contribution in [0.4, 0.5) is 4.79 Å². The maximum atomic E-state index is 11.9. The first-order valence-electron chi connectivity index (χ1n) is 5.98. The van der Waals surface area contributed by atoms with Gasteiger partial charge in [-0.3, -0.25) is 0 Å². The van der Waals surface area contributed by atoms with Crippen LogP contribution >= 0.6 is 0 Å². The number of amides is 2. The normalized spacial score (nSPS) is 25.3. The zero-order chi connectivity index (χ0) is 13.7. The number of carboxylic acid groups (broad SMARTS) is 1. The monoisotopic (exact) mass is 256 g/mol. The zero-order valence-electron chi connectivity index (χ0n) is 10.8. The second kappa shape index (κ2) is 6.39. The van der Waals surface area contributed by atoms with Gasteiger partial charge >= 0.3 is 12.0 Å². The molecule has 3 atom stereocenters. The van der Waals surface area contributed by atoms with E-state index < -0.39 is 12.0 Å². The van der Waals surface area contributed by atoms with Crippen molar-refractivity contribution < 1.29 is 19.4 Å². The number of hydrogen-bond donors (Lipinski definition) is 2. The van der Waals surface area contributed by atoms with Crippen LogP contribution in [0.25, 0.3) is 0 Å². The van der Waals surface area contributed by atoms with Crippen molar-refractivity contribution in [2.24, 2.45) is 0 Å². The molecule has 1 heterocycles. The van der Waals surface area contributed by atoms with Crippen molar-refractivity contribution >= 4 is 12.0 Å². The predicted octanol–water partition coefficient (Wildman–Crippen LogP) is 0.834. The van der Waals surface area contributed by atoms with Crippen molar-refractivity contribution in [1.29, 1.82) is 0 Å². The summed E-state index contributed by atoms with van der Waals surface area (Å²) in [5.74, 6) is -1.06. The van der Waals surface area contributed by atoms with Gasteiger partial charge in [0.1, 0.15) is 6.04 Å². The number of carboxylic acids is 1. The lowest BCUT2D eigenvalue weighted by Crippen LogP contribution is -2.54. The Bertz CT molecular complexity index is 322. The number of carbonyl (C=O) groups is 2. The van der Waals surface area contributed by atoms with E-state index >= 15 is 0 Å². The Balaban J connectivity index is 2.57. The zero-order valence-corrected chi connectivity index (χ0v) is 10.8. The highest BCUT2D eigenvalue weighted by Crippen LogP contribution is 2.11. The van der Waals surface area contributed by atoms with E-state index in [1.165, 1.54) is 6.08 Å². The number of ether oxygens (including phenoxy) is 1. The molecule has 1 aliphatic rings. The molecule has 1 fully saturated rings. The molecule has 1 saturated heterocycles. The number of nitrogens with zero attached hydrogens (tertiary/aromatic N) is 1. The van der Waals surface area contributed by atoms with E-state index in [9.17, 15) is 9.59 Å². The summed E-state index contributed by atoms with van der Waals surface area (Å²) in [6.45, 7) is 8.18. The summed E-state index contributed by atoms with van der Waals surface area (Å²) in [5.41, 5.74) is 0. The summed E-state index contributed by atoms with van der Waals surface area (Å²) in [7, 11) is 0. The van der Waals surface area contributed by atoms with Gasteiger partial charge in [-0.15, -0.1) is 6.58 Å². The highest BCUT2D eigenvalue weighted by Gasteiger charge is 2.28. The summed E-state index contributed by atoms with van der Waals surface area (Å²) < 4.78 is 5.51. The SMILES string of the molecule is C=CCC(NC(=O)N1CC(C)OC(C)C1)C(=O)O. The van der Waals surface area contributed by atoms with Crippen molar-refractivity contribution in [2.45, 2.75) is 38.5 Å². The van der Waals surface area contributed by atoms with Crippen LogP contribution in [0.15, 0.2) is 12.7 Å². The van der Waals surface area contributed by atoms with Crippen molar-refractivity contribution in [2.75, 3.05) is 13.1 Å². The summed E-state index contributed by atoms with van der Waals surface area (Å²) in [6.07, 6.45) is 1.60. The van der Waals surface area contributed by atoms with Crippen LogP contribution in [-0.4, -0.2) is 53.3 Å². The van der Waals surface area contributed by atoms with Gasteiger partial charge in [0, 0.05) is 13.1 Å². The summed E-state index contributed by atoms with van der Waals surface area (Å²) in [6, 6.07) is -1.30. The summed E-state index contributed by atoms with van der Waals surface area (Å²) in [4.78, 5) is 24.5. The second-order valence-electron chi connectivity index (χ2n) is 4.53. The Morgan fingerprint density at radius 3 is 2.50 bits per heavy atom. The van der Waals surface area contributed by atoms with Crippen molar-refractivity contribution in [3.05, 3.63) is 12.7 Å². The molecule has 102 valence electrons. The molecule has 2 amide bonds. The van der Waals surface area contributed by atoms with Crippen LogP contribution in [0, 0.1) is 0 Å². The van der Waals surface area contributed by atoms with E-state index in [4.69, 9.17) is 9.84 Å². The molecule has 0 bridgehead atoms. The first kappa shape index (κ1) is 14.5. The van der Waals surface area contributed by atoms with E-state index in [1.54, 1.807) is 4.90 Å². The van der Waals surface area contributed by atoms with Gasteiger partial charge in [0.2, 0.25) is 0 Å². The number of hydrogen-bond acceptors (Lipinski definition) is 3. The molecule has 0 aromatic heterocycles. The third-order valence-electron chi connectivity index (χ3n) is 2.70. The highest BCUT2D eigenvalue weighted by atomic mass is 16.5. The number of nitrogens with one attached hydrogen (secondary N) is 1. The molecule has 0 aliphatic carbocycles. The number of aliphatic carboxylic acids is 1. The van der Waals surface area contributed by atoms with Gasteiger partial charge in [0.15, 0.2) is 0 Å². The third-order valence-corrected chi connectivity index (χ3v) is 2.70. The molecule has 18 heavy (non-hydrogen) atoms. The first-order chi connectivity index (χ1) is 8.43. The van der Waals surface area contributed by atoms with Crippen LogP contribution < -0.4 is 5.32 Å². The fourth-order valence-corrected chi connectivity index (χ4v) is 1.97. The average Bonchev–Trinajstić information content (AvgIpc) is 2.26. The van der Waals surface area contributed by atoms with Gasteiger partial charge in [0.25, 0.3) is 0 Å². The number of urea groups is 1. The van der Waals surface area contributed by atoms with Gasteiger partial charge in [-0.2, -0.15) is 0 Å². The molecular formula is C12H20N2O4. The molecule has 1 aliphatic heterocycles. The minimum absolute atomic E-state index is 0.0396. The van der Waals surface area contributed by atoms with E-state index in [-0.39, 0.29) is 24.7 Å². The molecular weight excluding hydrogens is 236 g/mol. The highest BCUT2D eigenvalue weighted by molar-refractivity contribution is 5.82. The molecule has 6 nitrogen and oxygen atoms in total. The maximum Gasteiger partial charge on any atom is 0.326 e. The lowest BCUT2D eigenvalue weighted by Gasteiger charge is -2.35. The number of rotatable bonds is 4. The lowest BCUT2D eigenvalue weighted by atomic mass is 10.2. The molecule has 0 spiro atoms. The maximum absolute atomic E-state index is 11.9. The van der Waals surface area contributed by atoms with Crippen LogP contribution in [0.1, 0.15) is 20.3 Å². The van der Waals surface area contributed by atoms with Crippen molar-refractivity contribution in [3.63, 3.8) is 0 Å². The van der Waals surface area contributed by atoms with Gasteiger partial charge in [-0.05, 0) is 20.3 Å². The number of morpholine rings is 1. The van der Waals surface area contributed by atoms with E-state index in [2.05, 4.69) is 11.9 Å². The van der Waals surface area contributed by atoms with E-state index in [0.717, 1.165) is 0 Å². The van der Waals surface area contributed by atoms with Crippen LogP contribution in [0.3, 0.4) is 0 Å². The molecule has 0 radical (unpaired) electrons. The molecule has 0 aromatic carbocycles. The Morgan fingerprint density at radius 1 is 1.50 bits per heavy atom. The molecule has 0 saturated carbocycles. The van der Waals surface area contributed by atoms with E-state index in [1.807, 2.05) is 13.8 Å². The molecule has 6 heteroatoms. The van der Waals surface area contributed by atoms with Gasteiger partial charge in [-0.1, -0.05) is 6.08 Å². The molecule has 0 aromatic rings. The molecule has 3 unspecified atom stereocenters. The lowest BCUT2D eigenvalue weighted by molar-refractivity contribution is -0.139. The standard InChI is InChI=1S/C12H20N2O4/c1-4-5-10(11(15)16)13-12(17)14-6-8(2)18-9(3)7-14/h4,8-10H,1,5-7H2,2-3H3,(H,13,17)(H,15,16). The smallest absolute Gasteiger partial charge is 0.326 e.